The van der Waals surface area contributed by atoms with Crippen LogP contribution in [0.15, 0.2) is 36.4 Å². The van der Waals surface area contributed by atoms with Gasteiger partial charge in [0.1, 0.15) is 19.0 Å². The SMILES string of the molecule is COc1ccccc1CNc1nc2nc3cc4c(cc3n2[nH]1)OCCO4. The second-order valence-electron chi connectivity index (χ2n) is 5.97. The Bertz CT molecular complexity index is 1100. The van der Waals surface area contributed by atoms with Gasteiger partial charge in [-0.05, 0) is 6.07 Å². The molecule has 0 aliphatic carbocycles. The van der Waals surface area contributed by atoms with Crippen LogP contribution in [0, 0.1) is 0 Å². The Labute approximate surface area is 148 Å². The number of nitrogens with zero attached hydrogens (tertiary/aromatic N) is 3. The monoisotopic (exact) mass is 351 g/mol. The molecule has 0 saturated heterocycles. The van der Waals surface area contributed by atoms with E-state index in [1.807, 2.05) is 40.9 Å². The first-order chi connectivity index (χ1) is 12.8. The van der Waals surface area contributed by atoms with Gasteiger partial charge in [0, 0.05) is 24.2 Å². The van der Waals surface area contributed by atoms with Crippen LogP contribution in [0.2, 0.25) is 0 Å². The lowest BCUT2D eigenvalue weighted by atomic mass is 10.2. The number of H-pyrrole nitrogens is 1. The van der Waals surface area contributed by atoms with E-state index in [0.717, 1.165) is 33.8 Å². The summed E-state index contributed by atoms with van der Waals surface area (Å²) in [4.78, 5) is 9.06. The lowest BCUT2D eigenvalue weighted by Crippen LogP contribution is -2.15. The first kappa shape index (κ1) is 14.9. The van der Waals surface area contributed by atoms with E-state index in [0.29, 0.717) is 31.5 Å². The highest BCUT2D eigenvalue weighted by atomic mass is 16.6. The summed E-state index contributed by atoms with van der Waals surface area (Å²) in [5, 5.41) is 6.50. The molecule has 8 nitrogen and oxygen atoms in total. The summed E-state index contributed by atoms with van der Waals surface area (Å²) < 4.78 is 18.5. The van der Waals surface area contributed by atoms with Gasteiger partial charge in [-0.25, -0.2) is 9.50 Å². The molecule has 0 unspecified atom stereocenters. The van der Waals surface area contributed by atoms with Gasteiger partial charge in [0.25, 0.3) is 5.78 Å². The molecule has 0 amide bonds. The molecule has 0 fully saturated rings. The van der Waals surface area contributed by atoms with Gasteiger partial charge in [-0.15, -0.1) is 0 Å². The molecule has 2 N–H and O–H groups in total. The summed E-state index contributed by atoms with van der Waals surface area (Å²) in [6, 6.07) is 11.7. The minimum absolute atomic E-state index is 0.551. The maximum atomic E-state index is 5.66. The topological polar surface area (TPSA) is 85.7 Å². The normalized spacial score (nSPS) is 13.3. The Kier molecular flexibility index (Phi) is 3.34. The van der Waals surface area contributed by atoms with E-state index in [9.17, 15) is 0 Å². The minimum Gasteiger partial charge on any atom is -0.496 e. The number of ether oxygens (including phenoxy) is 3. The van der Waals surface area contributed by atoms with Crippen LogP contribution in [-0.2, 0) is 6.54 Å². The molecule has 2 aromatic heterocycles. The number of anilines is 1. The maximum Gasteiger partial charge on any atom is 0.253 e. The van der Waals surface area contributed by atoms with Crippen molar-refractivity contribution in [1.82, 2.24) is 19.6 Å². The first-order valence-corrected chi connectivity index (χ1v) is 8.35. The van der Waals surface area contributed by atoms with E-state index in [1.54, 1.807) is 7.11 Å². The number of fused-ring (bicyclic) bond motifs is 4. The Morgan fingerprint density at radius 2 is 1.96 bits per heavy atom. The van der Waals surface area contributed by atoms with Crippen molar-refractivity contribution < 1.29 is 14.2 Å². The number of methoxy groups -OCH3 is 1. The van der Waals surface area contributed by atoms with Crippen molar-refractivity contribution in [3.63, 3.8) is 0 Å². The van der Waals surface area contributed by atoms with Crippen LogP contribution in [0.1, 0.15) is 5.56 Å². The molecule has 4 aromatic rings. The van der Waals surface area contributed by atoms with E-state index in [2.05, 4.69) is 20.4 Å². The average Bonchev–Trinajstić information content (AvgIpc) is 3.22. The average molecular weight is 351 g/mol. The smallest absolute Gasteiger partial charge is 0.253 e. The van der Waals surface area contributed by atoms with Gasteiger partial charge < -0.3 is 19.5 Å². The molecule has 3 heterocycles. The van der Waals surface area contributed by atoms with Crippen molar-refractivity contribution in [2.24, 2.45) is 0 Å². The van der Waals surface area contributed by atoms with Crippen LogP contribution < -0.4 is 19.5 Å². The number of imidazole rings is 1. The van der Waals surface area contributed by atoms with E-state index in [-0.39, 0.29) is 0 Å². The van der Waals surface area contributed by atoms with Gasteiger partial charge in [-0.1, -0.05) is 18.2 Å². The van der Waals surface area contributed by atoms with Crippen LogP contribution in [0.3, 0.4) is 0 Å². The molecule has 8 heteroatoms. The Balaban J connectivity index is 1.46. The molecule has 0 radical (unpaired) electrons. The molecular formula is C18H17N5O3. The van der Waals surface area contributed by atoms with Gasteiger partial charge in [0.2, 0.25) is 5.95 Å². The summed E-state index contributed by atoms with van der Waals surface area (Å²) in [5.74, 6) is 3.51. The van der Waals surface area contributed by atoms with Gasteiger partial charge in [0.15, 0.2) is 11.5 Å². The first-order valence-electron chi connectivity index (χ1n) is 8.35. The quantitative estimate of drug-likeness (QED) is 0.588. The number of hydrogen-bond donors (Lipinski definition) is 2. The molecule has 0 saturated carbocycles. The van der Waals surface area contributed by atoms with E-state index < -0.39 is 0 Å². The Morgan fingerprint density at radius 3 is 2.81 bits per heavy atom. The number of aromatic amines is 1. The second-order valence-corrected chi connectivity index (χ2v) is 5.97. The van der Waals surface area contributed by atoms with Gasteiger partial charge >= 0.3 is 0 Å². The Morgan fingerprint density at radius 1 is 1.15 bits per heavy atom. The van der Waals surface area contributed by atoms with Crippen LogP contribution in [0.25, 0.3) is 16.8 Å². The van der Waals surface area contributed by atoms with Crippen LogP contribution in [-0.4, -0.2) is 39.9 Å². The fourth-order valence-corrected chi connectivity index (χ4v) is 3.12. The summed E-state index contributed by atoms with van der Waals surface area (Å²) in [6.45, 7) is 1.69. The molecule has 1 aliphatic heterocycles. The van der Waals surface area contributed by atoms with E-state index >= 15 is 0 Å². The number of rotatable bonds is 4. The highest BCUT2D eigenvalue weighted by molar-refractivity contribution is 5.83. The molecule has 0 bridgehead atoms. The summed E-state index contributed by atoms with van der Waals surface area (Å²) >= 11 is 0. The number of hydrogen-bond acceptors (Lipinski definition) is 6. The van der Waals surface area contributed by atoms with Crippen LogP contribution in [0.5, 0.6) is 17.2 Å². The standard InChI is InChI=1S/C18H17N5O3/c1-24-14-5-3-2-4-11(14)10-19-17-21-18-20-12-8-15-16(26-7-6-25-15)9-13(12)23(18)22-17/h2-5,8-9H,6-7,10H2,1H3,(H2,19,20,21,22). The fourth-order valence-electron chi connectivity index (χ4n) is 3.12. The third-order valence-electron chi connectivity index (χ3n) is 4.37. The maximum absolute atomic E-state index is 5.66. The van der Waals surface area contributed by atoms with Gasteiger partial charge in [-0.2, -0.15) is 4.98 Å². The third kappa shape index (κ3) is 2.38. The molecule has 0 atom stereocenters. The van der Waals surface area contributed by atoms with Crippen molar-refractivity contribution in [2.75, 3.05) is 25.6 Å². The van der Waals surface area contributed by atoms with Crippen molar-refractivity contribution in [3.8, 4) is 17.2 Å². The van der Waals surface area contributed by atoms with E-state index in [4.69, 9.17) is 14.2 Å². The van der Waals surface area contributed by atoms with Crippen molar-refractivity contribution in [2.45, 2.75) is 6.54 Å². The summed E-state index contributed by atoms with van der Waals surface area (Å²) in [6.07, 6.45) is 0. The molecule has 5 rings (SSSR count). The molecule has 2 aromatic carbocycles. The highest BCUT2D eigenvalue weighted by Gasteiger charge is 2.17. The Hall–Kier alpha value is -3.42. The second kappa shape index (κ2) is 5.83. The number of para-hydroxylation sites is 1. The zero-order valence-corrected chi connectivity index (χ0v) is 14.2. The molecule has 132 valence electrons. The number of aromatic nitrogens is 4. The molecule has 26 heavy (non-hydrogen) atoms. The third-order valence-corrected chi connectivity index (χ3v) is 4.37. The predicted molar refractivity (Wildman–Crippen MR) is 96.2 cm³/mol. The summed E-state index contributed by atoms with van der Waals surface area (Å²) in [5.41, 5.74) is 2.75. The zero-order chi connectivity index (χ0) is 17.5. The van der Waals surface area contributed by atoms with E-state index in [1.165, 1.54) is 0 Å². The minimum atomic E-state index is 0.551. The van der Waals surface area contributed by atoms with Crippen molar-refractivity contribution >= 4 is 22.8 Å². The summed E-state index contributed by atoms with van der Waals surface area (Å²) in [7, 11) is 1.67. The largest absolute Gasteiger partial charge is 0.496 e. The number of nitrogens with one attached hydrogen (secondary N) is 2. The van der Waals surface area contributed by atoms with Crippen LogP contribution >= 0.6 is 0 Å². The molecule has 0 spiro atoms. The van der Waals surface area contributed by atoms with Gasteiger partial charge in [0.05, 0.1) is 18.1 Å². The van der Waals surface area contributed by atoms with Crippen molar-refractivity contribution in [3.05, 3.63) is 42.0 Å². The molecule has 1 aliphatic rings. The van der Waals surface area contributed by atoms with Gasteiger partial charge in [-0.3, -0.25) is 5.10 Å². The lowest BCUT2D eigenvalue weighted by molar-refractivity contribution is 0.172. The highest BCUT2D eigenvalue weighted by Crippen LogP contribution is 2.34. The fraction of sp³-hybridized carbons (Fsp3) is 0.222. The molecular weight excluding hydrogens is 334 g/mol. The van der Waals surface area contributed by atoms with Crippen LogP contribution in [0.4, 0.5) is 5.95 Å². The lowest BCUT2D eigenvalue weighted by Gasteiger charge is -2.17. The zero-order valence-electron chi connectivity index (χ0n) is 14.2. The number of benzene rings is 2. The van der Waals surface area contributed by atoms with Crippen molar-refractivity contribution in [1.29, 1.82) is 0 Å². The predicted octanol–water partition coefficient (Wildman–Crippen LogP) is 2.60.